The Morgan fingerprint density at radius 3 is 2.65 bits per heavy atom. The van der Waals surface area contributed by atoms with Gasteiger partial charge in [-0.05, 0) is 22.0 Å². The molecule has 1 aliphatic rings. The van der Waals surface area contributed by atoms with E-state index in [0.29, 0.717) is 18.7 Å². The van der Waals surface area contributed by atoms with Crippen LogP contribution in [0.2, 0.25) is 0 Å². The Hall–Kier alpha value is -1.61. The van der Waals surface area contributed by atoms with Crippen molar-refractivity contribution in [3.63, 3.8) is 0 Å². The van der Waals surface area contributed by atoms with Crippen LogP contribution >= 0.6 is 15.9 Å². The van der Waals surface area contributed by atoms with Crippen LogP contribution in [0.4, 0.5) is 5.82 Å². The fraction of sp³-hybridized carbons (Fsp3) is 0.364. The van der Waals surface area contributed by atoms with Crippen LogP contribution in [-0.4, -0.2) is 42.5 Å². The lowest BCUT2D eigenvalue weighted by Crippen LogP contribution is -2.46. The zero-order chi connectivity index (χ0) is 12.3. The van der Waals surface area contributed by atoms with Gasteiger partial charge in [-0.1, -0.05) is 0 Å². The van der Waals surface area contributed by atoms with E-state index in [9.17, 15) is 4.79 Å². The summed E-state index contributed by atoms with van der Waals surface area (Å²) in [5.41, 5.74) is 0.534. The van der Waals surface area contributed by atoms with Gasteiger partial charge in [-0.3, -0.25) is 4.79 Å². The predicted molar refractivity (Wildman–Crippen MR) is 66.5 cm³/mol. The quantitative estimate of drug-likeness (QED) is 0.764. The summed E-state index contributed by atoms with van der Waals surface area (Å²) in [4.78, 5) is 18.7. The molecule has 1 saturated heterocycles. The van der Waals surface area contributed by atoms with Crippen molar-refractivity contribution in [1.29, 1.82) is 5.26 Å². The molecular formula is C11H11BrN4O. The highest BCUT2D eigenvalue weighted by Gasteiger charge is 2.18. The Kier molecular flexibility index (Phi) is 3.59. The van der Waals surface area contributed by atoms with Crippen LogP contribution in [0.15, 0.2) is 16.7 Å². The monoisotopic (exact) mass is 294 g/mol. The molecule has 1 aromatic rings. The topological polar surface area (TPSA) is 60.2 Å². The van der Waals surface area contributed by atoms with E-state index >= 15 is 0 Å². The molecule has 0 aromatic carbocycles. The normalized spacial score (nSPS) is 15.5. The summed E-state index contributed by atoms with van der Waals surface area (Å²) >= 11 is 3.42. The lowest BCUT2D eigenvalue weighted by atomic mass is 10.3. The maximum Gasteiger partial charge on any atom is 0.209 e. The van der Waals surface area contributed by atoms with E-state index in [1.807, 2.05) is 6.07 Å². The zero-order valence-corrected chi connectivity index (χ0v) is 10.7. The average molecular weight is 295 g/mol. The minimum atomic E-state index is 0.534. The Balaban J connectivity index is 2.14. The van der Waals surface area contributed by atoms with Gasteiger partial charge in [0.05, 0.1) is 10.0 Å². The molecular weight excluding hydrogens is 284 g/mol. The summed E-state index contributed by atoms with van der Waals surface area (Å²) in [5, 5.41) is 8.76. The smallest absolute Gasteiger partial charge is 0.209 e. The third kappa shape index (κ3) is 2.56. The van der Waals surface area contributed by atoms with E-state index in [1.54, 1.807) is 17.2 Å². The molecule has 0 radical (unpaired) electrons. The van der Waals surface area contributed by atoms with Gasteiger partial charge in [0, 0.05) is 32.4 Å². The number of carbonyl (C=O) groups is 1. The van der Waals surface area contributed by atoms with E-state index in [2.05, 4.69) is 25.8 Å². The van der Waals surface area contributed by atoms with Crippen LogP contribution in [-0.2, 0) is 4.79 Å². The van der Waals surface area contributed by atoms with Crippen LogP contribution in [0.25, 0.3) is 0 Å². The summed E-state index contributed by atoms with van der Waals surface area (Å²) in [6.45, 7) is 2.93. The number of piperazine rings is 1. The number of aromatic nitrogens is 1. The largest absolute Gasteiger partial charge is 0.352 e. The highest BCUT2D eigenvalue weighted by Crippen LogP contribution is 2.25. The first-order valence-corrected chi connectivity index (χ1v) is 6.04. The van der Waals surface area contributed by atoms with Gasteiger partial charge in [0.2, 0.25) is 6.41 Å². The van der Waals surface area contributed by atoms with Gasteiger partial charge in [0.25, 0.3) is 0 Å². The van der Waals surface area contributed by atoms with Crippen LogP contribution < -0.4 is 4.90 Å². The molecule has 2 heterocycles. The second-order valence-corrected chi connectivity index (χ2v) is 4.62. The molecule has 0 N–H and O–H groups in total. The van der Waals surface area contributed by atoms with Crippen LogP contribution in [0.3, 0.4) is 0 Å². The van der Waals surface area contributed by atoms with E-state index < -0.39 is 0 Å². The third-order valence-electron chi connectivity index (χ3n) is 2.71. The molecule has 1 aliphatic heterocycles. The summed E-state index contributed by atoms with van der Waals surface area (Å²) in [6, 6.07) is 3.81. The molecule has 17 heavy (non-hydrogen) atoms. The van der Waals surface area contributed by atoms with Gasteiger partial charge < -0.3 is 9.80 Å². The number of anilines is 1. The highest BCUT2D eigenvalue weighted by molar-refractivity contribution is 9.10. The standard InChI is InChI=1S/C11H11BrN4O/c12-10-5-9(6-13)7-14-11(10)16-3-1-15(8-17)2-4-16/h5,7-8H,1-4H2. The zero-order valence-electron chi connectivity index (χ0n) is 9.14. The molecule has 1 amide bonds. The molecule has 0 bridgehead atoms. The number of rotatable bonds is 2. The molecule has 1 aromatic heterocycles. The summed E-state index contributed by atoms with van der Waals surface area (Å²) < 4.78 is 0.816. The summed E-state index contributed by atoms with van der Waals surface area (Å²) in [6.07, 6.45) is 2.44. The van der Waals surface area contributed by atoms with Crippen molar-refractivity contribution in [2.75, 3.05) is 31.1 Å². The van der Waals surface area contributed by atoms with Gasteiger partial charge in [-0.15, -0.1) is 0 Å². The van der Waals surface area contributed by atoms with Gasteiger partial charge in [0.15, 0.2) is 0 Å². The van der Waals surface area contributed by atoms with Gasteiger partial charge in [-0.25, -0.2) is 4.98 Å². The van der Waals surface area contributed by atoms with Gasteiger partial charge >= 0.3 is 0 Å². The molecule has 5 nitrogen and oxygen atoms in total. The Labute approximate surface area is 108 Å². The second-order valence-electron chi connectivity index (χ2n) is 3.77. The first kappa shape index (κ1) is 11.9. The van der Waals surface area contributed by atoms with Crippen molar-refractivity contribution < 1.29 is 4.79 Å². The molecule has 0 spiro atoms. The minimum Gasteiger partial charge on any atom is -0.352 e. The van der Waals surface area contributed by atoms with Crippen molar-refractivity contribution in [1.82, 2.24) is 9.88 Å². The van der Waals surface area contributed by atoms with E-state index in [0.717, 1.165) is 29.8 Å². The Bertz CT molecular complexity index is 463. The summed E-state index contributed by atoms with van der Waals surface area (Å²) in [5.74, 6) is 0.828. The maximum absolute atomic E-state index is 10.6. The molecule has 0 unspecified atom stereocenters. The van der Waals surface area contributed by atoms with Crippen molar-refractivity contribution in [3.05, 3.63) is 22.3 Å². The minimum absolute atomic E-state index is 0.534. The van der Waals surface area contributed by atoms with E-state index in [4.69, 9.17) is 5.26 Å². The van der Waals surface area contributed by atoms with Gasteiger partial charge in [0.1, 0.15) is 11.9 Å². The Morgan fingerprint density at radius 1 is 1.41 bits per heavy atom. The van der Waals surface area contributed by atoms with Crippen molar-refractivity contribution in [3.8, 4) is 6.07 Å². The molecule has 0 aliphatic carbocycles. The fourth-order valence-corrected chi connectivity index (χ4v) is 2.36. The van der Waals surface area contributed by atoms with Crippen molar-refractivity contribution >= 4 is 28.2 Å². The van der Waals surface area contributed by atoms with E-state index in [1.165, 1.54) is 0 Å². The number of amides is 1. The Morgan fingerprint density at radius 2 is 2.12 bits per heavy atom. The number of pyridine rings is 1. The third-order valence-corrected chi connectivity index (χ3v) is 3.30. The van der Waals surface area contributed by atoms with Crippen LogP contribution in [0.5, 0.6) is 0 Å². The van der Waals surface area contributed by atoms with E-state index in [-0.39, 0.29) is 0 Å². The molecule has 1 fully saturated rings. The molecule has 0 saturated carbocycles. The van der Waals surface area contributed by atoms with Crippen molar-refractivity contribution in [2.45, 2.75) is 0 Å². The fourth-order valence-electron chi connectivity index (χ4n) is 1.76. The number of nitrogens with zero attached hydrogens (tertiary/aromatic N) is 4. The molecule has 2 rings (SSSR count). The summed E-state index contributed by atoms with van der Waals surface area (Å²) in [7, 11) is 0. The lowest BCUT2D eigenvalue weighted by Gasteiger charge is -2.33. The lowest BCUT2D eigenvalue weighted by molar-refractivity contribution is -0.118. The number of hydrogen-bond acceptors (Lipinski definition) is 4. The second kappa shape index (κ2) is 5.15. The van der Waals surface area contributed by atoms with Crippen LogP contribution in [0, 0.1) is 11.3 Å². The maximum atomic E-state index is 10.6. The number of hydrogen-bond donors (Lipinski definition) is 0. The van der Waals surface area contributed by atoms with Gasteiger partial charge in [-0.2, -0.15) is 5.26 Å². The predicted octanol–water partition coefficient (Wildman–Crippen LogP) is 0.994. The molecule has 88 valence electrons. The first-order chi connectivity index (χ1) is 8.24. The first-order valence-electron chi connectivity index (χ1n) is 5.24. The number of halogens is 1. The average Bonchev–Trinajstić information content (AvgIpc) is 2.39. The highest BCUT2D eigenvalue weighted by atomic mass is 79.9. The SMILES string of the molecule is N#Cc1cnc(N2CCN(C=O)CC2)c(Br)c1. The van der Waals surface area contributed by atoms with Crippen molar-refractivity contribution in [2.24, 2.45) is 0 Å². The molecule has 0 atom stereocenters. The molecule has 6 heteroatoms. The van der Waals surface area contributed by atoms with Crippen LogP contribution in [0.1, 0.15) is 5.56 Å². The number of nitriles is 1. The number of carbonyl (C=O) groups excluding carboxylic acids is 1.